The smallest absolute Gasteiger partial charge is 0.180 e. The predicted octanol–water partition coefficient (Wildman–Crippen LogP) is 3.18. The summed E-state index contributed by atoms with van der Waals surface area (Å²) >= 11 is 5.07. The zero-order valence-electron chi connectivity index (χ0n) is 8.30. The fourth-order valence-corrected chi connectivity index (χ4v) is 1.48. The molecule has 0 aliphatic heterocycles. The van der Waals surface area contributed by atoms with Crippen molar-refractivity contribution in [1.29, 1.82) is 0 Å². The molecule has 0 unspecified atom stereocenters. The van der Waals surface area contributed by atoms with Crippen molar-refractivity contribution in [2.24, 2.45) is 5.73 Å². The fourth-order valence-electron chi connectivity index (χ4n) is 1.32. The lowest BCUT2D eigenvalue weighted by atomic mass is 10.1. The summed E-state index contributed by atoms with van der Waals surface area (Å²) in [5.41, 5.74) is 4.58. The molecule has 0 fully saturated rings. The Balaban J connectivity index is 3.08. The van der Waals surface area contributed by atoms with Crippen molar-refractivity contribution >= 4 is 11.6 Å². The molecular weight excluding hydrogens is 246 g/mol. The highest BCUT2D eigenvalue weighted by Crippen LogP contribution is 2.28. The van der Waals surface area contributed by atoms with E-state index in [2.05, 4.69) is 0 Å². The van der Waals surface area contributed by atoms with Crippen LogP contribution in [0.1, 0.15) is 18.4 Å². The topological polar surface area (TPSA) is 26.0 Å². The zero-order chi connectivity index (χ0) is 12.3. The summed E-state index contributed by atoms with van der Waals surface area (Å²) in [5.74, 6) is -5.96. The summed E-state index contributed by atoms with van der Waals surface area (Å²) in [6.45, 7) is 0.349. The normalized spacial score (nSPS) is 10.9. The minimum absolute atomic E-state index is 0.111. The van der Waals surface area contributed by atoms with Crippen molar-refractivity contribution in [3.05, 3.63) is 33.9 Å². The highest BCUT2D eigenvalue weighted by atomic mass is 35.5. The van der Waals surface area contributed by atoms with E-state index >= 15 is 0 Å². The van der Waals surface area contributed by atoms with Gasteiger partial charge in [-0.15, -0.1) is 0 Å². The van der Waals surface area contributed by atoms with Crippen LogP contribution in [0.4, 0.5) is 17.6 Å². The third-order valence-electron chi connectivity index (χ3n) is 2.18. The Morgan fingerprint density at radius 3 is 1.81 bits per heavy atom. The summed E-state index contributed by atoms with van der Waals surface area (Å²) in [6.07, 6.45) is 0.759. The van der Waals surface area contributed by atoms with E-state index in [1.54, 1.807) is 0 Å². The molecule has 0 radical (unpaired) electrons. The molecule has 0 aliphatic rings. The van der Waals surface area contributed by atoms with Crippen LogP contribution in [0.3, 0.4) is 0 Å². The summed E-state index contributed by atoms with van der Waals surface area (Å²) in [5, 5.41) is -1.16. The number of rotatable bonds is 4. The number of halogens is 5. The zero-order valence-corrected chi connectivity index (χ0v) is 9.05. The first-order valence-corrected chi connectivity index (χ1v) is 5.08. The largest absolute Gasteiger partial charge is 0.330 e. The summed E-state index contributed by atoms with van der Waals surface area (Å²) in [7, 11) is 0. The number of hydrogen-bond acceptors (Lipinski definition) is 1. The van der Waals surface area contributed by atoms with Crippen LogP contribution in [0, 0.1) is 23.3 Å². The van der Waals surface area contributed by atoms with E-state index in [1.807, 2.05) is 0 Å². The van der Waals surface area contributed by atoms with Crippen molar-refractivity contribution in [1.82, 2.24) is 0 Å². The summed E-state index contributed by atoms with van der Waals surface area (Å²) in [6, 6.07) is 0. The van der Waals surface area contributed by atoms with Gasteiger partial charge in [-0.3, -0.25) is 0 Å². The van der Waals surface area contributed by atoms with Crippen LogP contribution in [-0.2, 0) is 6.42 Å². The van der Waals surface area contributed by atoms with Gasteiger partial charge in [0, 0.05) is 5.56 Å². The van der Waals surface area contributed by atoms with Crippen LogP contribution in [0.15, 0.2) is 0 Å². The Kier molecular flexibility index (Phi) is 4.56. The SMILES string of the molecule is NCCCCc1c(F)c(F)c(Cl)c(F)c1F. The Hall–Kier alpha value is -0.810. The van der Waals surface area contributed by atoms with Crippen LogP contribution in [0.25, 0.3) is 0 Å². The second kappa shape index (κ2) is 5.50. The monoisotopic (exact) mass is 255 g/mol. The fraction of sp³-hybridized carbons (Fsp3) is 0.400. The highest BCUT2D eigenvalue weighted by molar-refractivity contribution is 6.30. The molecular formula is C10H10ClF4N. The molecule has 0 aromatic heterocycles. The molecule has 1 aromatic rings. The molecule has 2 N–H and O–H groups in total. The third-order valence-corrected chi connectivity index (χ3v) is 2.51. The van der Waals surface area contributed by atoms with E-state index in [4.69, 9.17) is 17.3 Å². The highest BCUT2D eigenvalue weighted by Gasteiger charge is 2.23. The molecule has 16 heavy (non-hydrogen) atoms. The van der Waals surface area contributed by atoms with Gasteiger partial charge in [-0.1, -0.05) is 11.6 Å². The van der Waals surface area contributed by atoms with Crippen LogP contribution < -0.4 is 5.73 Å². The standard InChI is InChI=1S/C10H10ClF4N/c11-6-9(14)7(12)5(3-1-2-4-16)8(13)10(6)15/h1-4,16H2. The Bertz CT molecular complexity index is 366. The molecule has 0 saturated carbocycles. The second-order valence-electron chi connectivity index (χ2n) is 3.29. The van der Waals surface area contributed by atoms with Crippen molar-refractivity contribution in [2.45, 2.75) is 19.3 Å². The van der Waals surface area contributed by atoms with E-state index in [1.165, 1.54) is 0 Å². The second-order valence-corrected chi connectivity index (χ2v) is 3.67. The maximum absolute atomic E-state index is 13.2. The van der Waals surface area contributed by atoms with E-state index in [-0.39, 0.29) is 6.42 Å². The van der Waals surface area contributed by atoms with Gasteiger partial charge in [-0.05, 0) is 25.8 Å². The minimum Gasteiger partial charge on any atom is -0.330 e. The van der Waals surface area contributed by atoms with Gasteiger partial charge < -0.3 is 5.73 Å². The Morgan fingerprint density at radius 2 is 1.38 bits per heavy atom. The molecule has 1 aromatic carbocycles. The molecule has 0 heterocycles. The first kappa shape index (κ1) is 13.3. The molecule has 0 aliphatic carbocycles. The number of nitrogens with two attached hydrogens (primary N) is 1. The van der Waals surface area contributed by atoms with Crippen LogP contribution in [-0.4, -0.2) is 6.54 Å². The molecule has 0 atom stereocenters. The van der Waals surface area contributed by atoms with E-state index < -0.39 is 33.9 Å². The molecule has 1 nitrogen and oxygen atoms in total. The summed E-state index contributed by atoms with van der Waals surface area (Å²) < 4.78 is 52.5. The number of benzene rings is 1. The van der Waals surface area contributed by atoms with Crippen LogP contribution >= 0.6 is 11.6 Å². The van der Waals surface area contributed by atoms with Gasteiger partial charge in [0.15, 0.2) is 23.3 Å². The van der Waals surface area contributed by atoms with Crippen molar-refractivity contribution < 1.29 is 17.6 Å². The Morgan fingerprint density at radius 1 is 0.875 bits per heavy atom. The summed E-state index contributed by atoms with van der Waals surface area (Å²) in [4.78, 5) is 0. The average molecular weight is 256 g/mol. The lowest BCUT2D eigenvalue weighted by Crippen LogP contribution is -2.06. The van der Waals surface area contributed by atoms with Crippen LogP contribution in [0.5, 0.6) is 0 Å². The minimum atomic E-state index is -1.55. The van der Waals surface area contributed by atoms with Crippen molar-refractivity contribution in [2.75, 3.05) is 6.54 Å². The van der Waals surface area contributed by atoms with Gasteiger partial charge in [0.05, 0.1) is 0 Å². The molecule has 1 rings (SSSR count). The maximum atomic E-state index is 13.2. The van der Waals surface area contributed by atoms with E-state index in [9.17, 15) is 17.6 Å². The first-order chi connectivity index (χ1) is 7.50. The molecule has 0 spiro atoms. The predicted molar refractivity (Wildman–Crippen MR) is 53.3 cm³/mol. The maximum Gasteiger partial charge on any atom is 0.180 e. The van der Waals surface area contributed by atoms with Crippen molar-refractivity contribution in [3.63, 3.8) is 0 Å². The quantitative estimate of drug-likeness (QED) is 0.380. The third kappa shape index (κ3) is 2.47. The van der Waals surface area contributed by atoms with Gasteiger partial charge in [-0.25, -0.2) is 17.6 Å². The molecule has 0 bridgehead atoms. The molecule has 0 saturated heterocycles. The van der Waals surface area contributed by atoms with E-state index in [0.717, 1.165) is 0 Å². The van der Waals surface area contributed by atoms with Crippen molar-refractivity contribution in [3.8, 4) is 0 Å². The van der Waals surface area contributed by atoms with Gasteiger partial charge in [-0.2, -0.15) is 0 Å². The van der Waals surface area contributed by atoms with Gasteiger partial charge in [0.2, 0.25) is 0 Å². The molecule has 90 valence electrons. The Labute approximate surface area is 95.2 Å². The molecule has 0 amide bonds. The average Bonchev–Trinajstić information content (AvgIpc) is 2.28. The number of unbranched alkanes of at least 4 members (excludes halogenated alkanes) is 1. The van der Waals surface area contributed by atoms with Gasteiger partial charge in [0.1, 0.15) is 5.02 Å². The van der Waals surface area contributed by atoms with Gasteiger partial charge >= 0.3 is 0 Å². The molecule has 6 heteroatoms. The lowest BCUT2D eigenvalue weighted by molar-refractivity contribution is 0.437. The van der Waals surface area contributed by atoms with Gasteiger partial charge in [0.25, 0.3) is 0 Å². The lowest BCUT2D eigenvalue weighted by Gasteiger charge is -2.08. The van der Waals surface area contributed by atoms with E-state index in [0.29, 0.717) is 19.4 Å². The number of hydrogen-bond donors (Lipinski definition) is 1. The van der Waals surface area contributed by atoms with Crippen LogP contribution in [0.2, 0.25) is 5.02 Å². The first-order valence-electron chi connectivity index (χ1n) is 4.71.